The standard InChI is InChI=1S/C11H11ClO4/c1-2-9(11(14)15)16-10-5-8(12)4-3-7(10)6-13/h3-6,9H,2H2,1H3,(H,14,15). The Kier molecular flexibility index (Phi) is 4.31. The second-order valence-corrected chi connectivity index (χ2v) is 3.59. The maximum atomic E-state index is 10.8. The van der Waals surface area contributed by atoms with Crippen LogP contribution >= 0.6 is 11.6 Å². The van der Waals surface area contributed by atoms with Crippen LogP contribution in [0.1, 0.15) is 23.7 Å². The van der Waals surface area contributed by atoms with Gasteiger partial charge in [-0.15, -0.1) is 0 Å². The lowest BCUT2D eigenvalue weighted by Gasteiger charge is -2.14. The summed E-state index contributed by atoms with van der Waals surface area (Å²) in [5.74, 6) is -0.879. The zero-order valence-corrected chi connectivity index (χ0v) is 9.40. The van der Waals surface area contributed by atoms with Crippen LogP contribution in [0.3, 0.4) is 0 Å². The molecule has 1 atom stereocenters. The monoisotopic (exact) mass is 242 g/mol. The number of hydrogen-bond donors (Lipinski definition) is 1. The smallest absolute Gasteiger partial charge is 0.344 e. The third-order valence-corrected chi connectivity index (χ3v) is 2.25. The van der Waals surface area contributed by atoms with Gasteiger partial charge in [0, 0.05) is 5.02 Å². The Morgan fingerprint density at radius 1 is 1.62 bits per heavy atom. The van der Waals surface area contributed by atoms with E-state index in [4.69, 9.17) is 21.4 Å². The third kappa shape index (κ3) is 2.97. The first-order valence-electron chi connectivity index (χ1n) is 4.72. The molecule has 16 heavy (non-hydrogen) atoms. The minimum absolute atomic E-state index is 0.191. The van der Waals surface area contributed by atoms with Crippen molar-refractivity contribution in [3.05, 3.63) is 28.8 Å². The first-order chi connectivity index (χ1) is 7.58. The summed E-state index contributed by atoms with van der Waals surface area (Å²) in [6, 6.07) is 4.45. The molecular weight excluding hydrogens is 232 g/mol. The van der Waals surface area contributed by atoms with E-state index in [1.165, 1.54) is 12.1 Å². The van der Waals surface area contributed by atoms with E-state index in [-0.39, 0.29) is 11.3 Å². The number of rotatable bonds is 5. The average Bonchev–Trinajstić information content (AvgIpc) is 2.25. The van der Waals surface area contributed by atoms with Gasteiger partial charge in [-0.05, 0) is 24.6 Å². The molecule has 5 heteroatoms. The quantitative estimate of drug-likeness (QED) is 0.806. The van der Waals surface area contributed by atoms with Crippen molar-refractivity contribution in [1.29, 1.82) is 0 Å². The van der Waals surface area contributed by atoms with E-state index in [1.807, 2.05) is 0 Å². The summed E-state index contributed by atoms with van der Waals surface area (Å²) in [6.45, 7) is 1.68. The summed E-state index contributed by atoms with van der Waals surface area (Å²) in [5.41, 5.74) is 0.282. The molecule has 0 aliphatic heterocycles. The van der Waals surface area contributed by atoms with Gasteiger partial charge >= 0.3 is 5.97 Å². The Balaban J connectivity index is 2.98. The molecule has 1 unspecified atom stereocenters. The first kappa shape index (κ1) is 12.5. The molecule has 1 N–H and O–H groups in total. The molecule has 1 aromatic carbocycles. The predicted molar refractivity (Wildman–Crippen MR) is 59.2 cm³/mol. The van der Waals surface area contributed by atoms with Crippen molar-refractivity contribution >= 4 is 23.9 Å². The summed E-state index contributed by atoms with van der Waals surface area (Å²) in [4.78, 5) is 21.5. The number of hydrogen-bond acceptors (Lipinski definition) is 3. The minimum atomic E-state index is -1.07. The molecule has 0 spiro atoms. The van der Waals surface area contributed by atoms with Crippen LogP contribution in [0.25, 0.3) is 0 Å². The lowest BCUT2D eigenvalue weighted by molar-refractivity contribution is -0.145. The summed E-state index contributed by atoms with van der Waals surface area (Å²) >= 11 is 5.74. The van der Waals surface area contributed by atoms with Crippen molar-refractivity contribution in [2.45, 2.75) is 19.4 Å². The van der Waals surface area contributed by atoms with Gasteiger partial charge in [0.25, 0.3) is 0 Å². The second kappa shape index (κ2) is 5.51. The van der Waals surface area contributed by atoms with Crippen molar-refractivity contribution < 1.29 is 19.4 Å². The molecule has 0 heterocycles. The highest BCUT2D eigenvalue weighted by Gasteiger charge is 2.18. The minimum Gasteiger partial charge on any atom is -0.479 e. The first-order valence-corrected chi connectivity index (χ1v) is 5.10. The lowest BCUT2D eigenvalue weighted by atomic mass is 10.2. The molecular formula is C11H11ClO4. The lowest BCUT2D eigenvalue weighted by Crippen LogP contribution is -2.26. The number of carboxylic acids is 1. The van der Waals surface area contributed by atoms with E-state index in [1.54, 1.807) is 13.0 Å². The van der Waals surface area contributed by atoms with Crippen LogP contribution in [0, 0.1) is 0 Å². The maximum absolute atomic E-state index is 10.8. The molecule has 0 aromatic heterocycles. The average molecular weight is 243 g/mol. The molecule has 0 fully saturated rings. The van der Waals surface area contributed by atoms with Crippen LogP contribution in [0.2, 0.25) is 5.02 Å². The van der Waals surface area contributed by atoms with Gasteiger partial charge < -0.3 is 9.84 Å². The van der Waals surface area contributed by atoms with Crippen LogP contribution in [0.4, 0.5) is 0 Å². The van der Waals surface area contributed by atoms with Crippen LogP contribution < -0.4 is 4.74 Å². The van der Waals surface area contributed by atoms with Crippen molar-refractivity contribution in [2.75, 3.05) is 0 Å². The number of carbonyl (C=O) groups excluding carboxylic acids is 1. The van der Waals surface area contributed by atoms with E-state index in [0.29, 0.717) is 17.7 Å². The largest absolute Gasteiger partial charge is 0.479 e. The highest BCUT2D eigenvalue weighted by Crippen LogP contribution is 2.23. The van der Waals surface area contributed by atoms with E-state index in [2.05, 4.69) is 0 Å². The van der Waals surface area contributed by atoms with E-state index in [9.17, 15) is 9.59 Å². The molecule has 0 aliphatic rings. The fourth-order valence-corrected chi connectivity index (χ4v) is 1.33. The van der Waals surface area contributed by atoms with Gasteiger partial charge in [0.05, 0.1) is 5.56 Å². The molecule has 0 saturated heterocycles. The predicted octanol–water partition coefficient (Wildman–Crippen LogP) is 2.39. The molecule has 4 nitrogen and oxygen atoms in total. The SMILES string of the molecule is CCC(Oc1cc(Cl)ccc1C=O)C(=O)O. The summed E-state index contributed by atoms with van der Waals surface area (Å²) in [5, 5.41) is 9.21. The highest BCUT2D eigenvalue weighted by atomic mass is 35.5. The van der Waals surface area contributed by atoms with Crippen LogP contribution in [-0.2, 0) is 4.79 Å². The summed E-state index contributed by atoms with van der Waals surface area (Å²) in [7, 11) is 0. The van der Waals surface area contributed by atoms with Crippen LogP contribution in [0.5, 0.6) is 5.75 Å². The molecule has 1 aromatic rings. The Labute approximate surface area is 97.8 Å². The van der Waals surface area contributed by atoms with Gasteiger partial charge in [0.15, 0.2) is 12.4 Å². The maximum Gasteiger partial charge on any atom is 0.344 e. The van der Waals surface area contributed by atoms with E-state index >= 15 is 0 Å². The molecule has 0 amide bonds. The number of halogens is 1. The summed E-state index contributed by atoms with van der Waals surface area (Å²) in [6.07, 6.45) is -0.0717. The number of ether oxygens (including phenoxy) is 1. The fraction of sp³-hybridized carbons (Fsp3) is 0.273. The number of carbonyl (C=O) groups is 2. The van der Waals surface area contributed by atoms with Gasteiger partial charge in [-0.2, -0.15) is 0 Å². The van der Waals surface area contributed by atoms with Crippen molar-refractivity contribution in [3.8, 4) is 5.75 Å². The zero-order valence-electron chi connectivity index (χ0n) is 8.64. The van der Waals surface area contributed by atoms with Gasteiger partial charge in [-0.3, -0.25) is 4.79 Å². The summed E-state index contributed by atoms with van der Waals surface area (Å²) < 4.78 is 5.21. The molecule has 0 saturated carbocycles. The van der Waals surface area contributed by atoms with E-state index < -0.39 is 12.1 Å². The Bertz CT molecular complexity index is 403. The second-order valence-electron chi connectivity index (χ2n) is 3.15. The van der Waals surface area contributed by atoms with Crippen molar-refractivity contribution in [1.82, 2.24) is 0 Å². The van der Waals surface area contributed by atoms with Crippen LogP contribution in [-0.4, -0.2) is 23.5 Å². The Morgan fingerprint density at radius 2 is 2.31 bits per heavy atom. The topological polar surface area (TPSA) is 63.6 Å². The third-order valence-electron chi connectivity index (χ3n) is 2.02. The Morgan fingerprint density at radius 3 is 2.81 bits per heavy atom. The number of carboxylic acid groups (broad SMARTS) is 1. The number of aliphatic carboxylic acids is 1. The van der Waals surface area contributed by atoms with Gasteiger partial charge in [0.2, 0.25) is 0 Å². The molecule has 86 valence electrons. The van der Waals surface area contributed by atoms with Gasteiger partial charge in [-0.1, -0.05) is 18.5 Å². The zero-order chi connectivity index (χ0) is 12.1. The van der Waals surface area contributed by atoms with Crippen LogP contribution in [0.15, 0.2) is 18.2 Å². The normalized spacial score (nSPS) is 11.9. The van der Waals surface area contributed by atoms with Crippen molar-refractivity contribution in [2.24, 2.45) is 0 Å². The molecule has 0 bridgehead atoms. The number of benzene rings is 1. The van der Waals surface area contributed by atoms with E-state index in [0.717, 1.165) is 0 Å². The number of aldehydes is 1. The highest BCUT2D eigenvalue weighted by molar-refractivity contribution is 6.30. The van der Waals surface area contributed by atoms with Crippen molar-refractivity contribution in [3.63, 3.8) is 0 Å². The fourth-order valence-electron chi connectivity index (χ4n) is 1.17. The molecule has 0 aliphatic carbocycles. The van der Waals surface area contributed by atoms with Gasteiger partial charge in [-0.25, -0.2) is 4.79 Å². The molecule has 1 rings (SSSR count). The Hall–Kier alpha value is -1.55. The van der Waals surface area contributed by atoms with Gasteiger partial charge in [0.1, 0.15) is 5.75 Å². The molecule has 0 radical (unpaired) electrons.